The highest BCUT2D eigenvalue weighted by Gasteiger charge is 2.14. The Morgan fingerprint density at radius 1 is 1.07 bits per heavy atom. The van der Waals surface area contributed by atoms with Gasteiger partial charge in [-0.25, -0.2) is 4.98 Å². The molecule has 4 rings (SSSR count). The molecule has 3 nitrogen and oxygen atoms in total. The van der Waals surface area contributed by atoms with E-state index in [4.69, 9.17) is 16.6 Å². The van der Waals surface area contributed by atoms with Crippen LogP contribution in [0, 0.1) is 6.92 Å². The molecule has 0 fully saturated rings. The van der Waals surface area contributed by atoms with Gasteiger partial charge in [-0.1, -0.05) is 53.3 Å². The van der Waals surface area contributed by atoms with Crippen LogP contribution >= 0.6 is 22.9 Å². The fourth-order valence-corrected chi connectivity index (χ4v) is 4.73. The highest BCUT2D eigenvalue weighted by atomic mass is 35.5. The molecule has 0 spiro atoms. The molecule has 0 unspecified atom stereocenters. The van der Waals surface area contributed by atoms with Crippen molar-refractivity contribution in [3.05, 3.63) is 83.1 Å². The van der Waals surface area contributed by atoms with Gasteiger partial charge in [0.15, 0.2) is 5.13 Å². The molecule has 5 heteroatoms. The molecule has 4 aromatic rings. The van der Waals surface area contributed by atoms with Crippen LogP contribution in [0.5, 0.6) is 0 Å². The Hall–Kier alpha value is -2.30. The number of hydrogen-bond acceptors (Lipinski definition) is 3. The molecule has 0 saturated carbocycles. The molecule has 2 aromatic carbocycles. The van der Waals surface area contributed by atoms with Crippen LogP contribution in [0.25, 0.3) is 10.2 Å². The molecule has 2 aromatic heterocycles. The van der Waals surface area contributed by atoms with Crippen LogP contribution in [-0.2, 0) is 13.1 Å². The smallest absolute Gasteiger partial charge is 0.186 e. The molecule has 0 aliphatic carbocycles. The Bertz CT molecular complexity index is 1010. The van der Waals surface area contributed by atoms with Gasteiger partial charge in [0.2, 0.25) is 0 Å². The second kappa shape index (κ2) is 8.15. The zero-order chi connectivity index (χ0) is 18.6. The van der Waals surface area contributed by atoms with Gasteiger partial charge in [0, 0.05) is 37.1 Å². The van der Waals surface area contributed by atoms with Crippen molar-refractivity contribution in [1.82, 2.24) is 9.55 Å². The van der Waals surface area contributed by atoms with Crippen LogP contribution in [0.15, 0.2) is 67.0 Å². The fourth-order valence-electron chi connectivity index (χ4n) is 3.29. The maximum absolute atomic E-state index is 6.25. The van der Waals surface area contributed by atoms with Gasteiger partial charge in [0.25, 0.3) is 0 Å². The first-order valence-corrected chi connectivity index (χ1v) is 10.3. The average molecular weight is 396 g/mol. The summed E-state index contributed by atoms with van der Waals surface area (Å²) >= 11 is 7.97. The van der Waals surface area contributed by atoms with Gasteiger partial charge in [-0.15, -0.1) is 0 Å². The number of fused-ring (bicyclic) bond motifs is 1. The monoisotopic (exact) mass is 395 g/mol. The standard InChI is InChI=1S/C22H22ClN3S/c1-17-14-19(23)15-20-21(17)24-22(27-20)26(16-18-8-3-2-4-9-18)13-7-12-25-10-5-6-11-25/h2-6,8-11,14-15H,7,12-13,16H2,1H3. The zero-order valence-electron chi connectivity index (χ0n) is 15.3. The number of anilines is 1. The third-order valence-corrected chi connectivity index (χ3v) is 5.92. The van der Waals surface area contributed by atoms with Gasteiger partial charge < -0.3 is 9.47 Å². The van der Waals surface area contributed by atoms with Crippen molar-refractivity contribution in [2.24, 2.45) is 0 Å². The van der Waals surface area contributed by atoms with E-state index in [9.17, 15) is 0 Å². The maximum atomic E-state index is 6.25. The molecule has 0 amide bonds. The molecular formula is C22H22ClN3S. The summed E-state index contributed by atoms with van der Waals surface area (Å²) in [5, 5.41) is 1.84. The van der Waals surface area contributed by atoms with Crippen molar-refractivity contribution in [2.45, 2.75) is 26.4 Å². The highest BCUT2D eigenvalue weighted by molar-refractivity contribution is 7.22. The van der Waals surface area contributed by atoms with Crippen molar-refractivity contribution in [1.29, 1.82) is 0 Å². The van der Waals surface area contributed by atoms with E-state index < -0.39 is 0 Å². The Balaban J connectivity index is 1.59. The zero-order valence-corrected chi connectivity index (χ0v) is 16.9. The first-order valence-electron chi connectivity index (χ1n) is 9.15. The van der Waals surface area contributed by atoms with Gasteiger partial charge in [-0.3, -0.25) is 0 Å². The van der Waals surface area contributed by atoms with Crippen LogP contribution in [-0.4, -0.2) is 16.1 Å². The van der Waals surface area contributed by atoms with Crippen LogP contribution < -0.4 is 4.90 Å². The van der Waals surface area contributed by atoms with Crippen molar-refractivity contribution in [3.8, 4) is 0 Å². The van der Waals surface area contributed by atoms with Gasteiger partial charge in [0.1, 0.15) is 0 Å². The van der Waals surface area contributed by atoms with Crippen LogP contribution in [0.4, 0.5) is 5.13 Å². The Morgan fingerprint density at radius 2 is 1.85 bits per heavy atom. The quantitative estimate of drug-likeness (QED) is 0.373. The van der Waals surface area contributed by atoms with Crippen molar-refractivity contribution >= 4 is 38.3 Å². The number of halogens is 1. The Morgan fingerprint density at radius 3 is 2.63 bits per heavy atom. The van der Waals surface area contributed by atoms with Gasteiger partial charge in [-0.05, 0) is 48.7 Å². The van der Waals surface area contributed by atoms with E-state index in [1.165, 1.54) is 5.56 Å². The summed E-state index contributed by atoms with van der Waals surface area (Å²) in [6.07, 6.45) is 5.30. The number of hydrogen-bond donors (Lipinski definition) is 0. The Kier molecular flexibility index (Phi) is 5.46. The minimum absolute atomic E-state index is 0.775. The summed E-state index contributed by atoms with van der Waals surface area (Å²) in [6.45, 7) is 4.90. The van der Waals surface area contributed by atoms with Crippen LogP contribution in [0.3, 0.4) is 0 Å². The third kappa shape index (κ3) is 4.34. The fraction of sp³-hybridized carbons (Fsp3) is 0.227. The number of nitrogens with zero attached hydrogens (tertiary/aromatic N) is 3. The summed E-state index contributed by atoms with van der Waals surface area (Å²) in [7, 11) is 0. The summed E-state index contributed by atoms with van der Waals surface area (Å²) in [5.74, 6) is 0. The maximum Gasteiger partial charge on any atom is 0.186 e. The van der Waals surface area contributed by atoms with Crippen LogP contribution in [0.2, 0.25) is 5.02 Å². The topological polar surface area (TPSA) is 21.1 Å². The molecule has 27 heavy (non-hydrogen) atoms. The number of aryl methyl sites for hydroxylation is 2. The lowest BCUT2D eigenvalue weighted by molar-refractivity contribution is 0.623. The lowest BCUT2D eigenvalue weighted by Crippen LogP contribution is -2.24. The summed E-state index contributed by atoms with van der Waals surface area (Å²) < 4.78 is 3.38. The van der Waals surface area contributed by atoms with E-state index in [0.29, 0.717) is 0 Å². The van der Waals surface area contributed by atoms with Crippen molar-refractivity contribution < 1.29 is 0 Å². The molecule has 0 aliphatic heterocycles. The molecule has 0 bridgehead atoms. The lowest BCUT2D eigenvalue weighted by Gasteiger charge is -2.22. The number of aromatic nitrogens is 2. The van der Waals surface area contributed by atoms with Crippen molar-refractivity contribution in [2.75, 3.05) is 11.4 Å². The van der Waals surface area contributed by atoms with Gasteiger partial charge in [-0.2, -0.15) is 0 Å². The lowest BCUT2D eigenvalue weighted by atomic mass is 10.2. The minimum atomic E-state index is 0.775. The summed E-state index contributed by atoms with van der Waals surface area (Å²) in [5.41, 5.74) is 3.49. The first-order chi connectivity index (χ1) is 13.2. The third-order valence-electron chi connectivity index (χ3n) is 4.64. The molecular weight excluding hydrogens is 374 g/mol. The average Bonchev–Trinajstić information content (AvgIpc) is 3.31. The number of thiazole rings is 1. The molecule has 0 saturated heterocycles. The molecule has 0 aliphatic rings. The normalized spacial score (nSPS) is 11.2. The second-order valence-corrected chi connectivity index (χ2v) is 8.19. The van der Waals surface area contributed by atoms with E-state index in [1.807, 2.05) is 12.1 Å². The first kappa shape index (κ1) is 18.1. The van der Waals surface area contributed by atoms with E-state index in [0.717, 1.165) is 52.0 Å². The SMILES string of the molecule is Cc1cc(Cl)cc2sc(N(CCCn3cccc3)Cc3ccccc3)nc12. The molecule has 138 valence electrons. The number of rotatable bonds is 7. The predicted molar refractivity (Wildman–Crippen MR) is 116 cm³/mol. The van der Waals surface area contributed by atoms with Crippen LogP contribution in [0.1, 0.15) is 17.5 Å². The second-order valence-electron chi connectivity index (χ2n) is 6.75. The highest BCUT2D eigenvalue weighted by Crippen LogP contribution is 2.33. The van der Waals surface area contributed by atoms with E-state index in [-0.39, 0.29) is 0 Å². The molecule has 2 heterocycles. The largest absolute Gasteiger partial charge is 0.354 e. The predicted octanol–water partition coefficient (Wildman–Crippen LogP) is 6.16. The van der Waals surface area contributed by atoms with E-state index in [1.54, 1.807) is 11.3 Å². The van der Waals surface area contributed by atoms with Gasteiger partial charge in [0.05, 0.1) is 10.2 Å². The summed E-state index contributed by atoms with van der Waals surface area (Å²) in [4.78, 5) is 7.33. The minimum Gasteiger partial charge on any atom is -0.354 e. The van der Waals surface area contributed by atoms with E-state index in [2.05, 4.69) is 71.2 Å². The number of benzene rings is 2. The Labute approximate surface area is 168 Å². The van der Waals surface area contributed by atoms with Crippen molar-refractivity contribution in [3.63, 3.8) is 0 Å². The van der Waals surface area contributed by atoms with E-state index >= 15 is 0 Å². The molecule has 0 N–H and O–H groups in total. The summed E-state index contributed by atoms with van der Waals surface area (Å²) in [6, 6.07) is 18.7. The molecule has 0 radical (unpaired) electrons. The molecule has 0 atom stereocenters. The van der Waals surface area contributed by atoms with Gasteiger partial charge >= 0.3 is 0 Å².